The molecule has 0 heterocycles. The van der Waals surface area contributed by atoms with E-state index in [-0.39, 0.29) is 13.2 Å². The number of halogens is 5. The highest BCUT2D eigenvalue weighted by Gasteiger charge is 2.50. The van der Waals surface area contributed by atoms with Gasteiger partial charge in [0.25, 0.3) is 12.9 Å². The highest BCUT2D eigenvalue weighted by Crippen LogP contribution is 2.55. The van der Waals surface area contributed by atoms with E-state index in [4.69, 9.17) is 86.5 Å². The van der Waals surface area contributed by atoms with Gasteiger partial charge in [0.2, 0.25) is 0 Å². The number of ether oxygens (including phenoxy) is 4. The fraction of sp³-hybridized carbons (Fsp3) is 0.419. The Kier molecular flexibility index (Phi) is 45.2. The van der Waals surface area contributed by atoms with E-state index in [9.17, 15) is 0 Å². The highest BCUT2D eigenvalue weighted by atomic mass is 35.5. The van der Waals surface area contributed by atoms with E-state index in [0.29, 0.717) is 33.2 Å². The van der Waals surface area contributed by atoms with Gasteiger partial charge in [0.05, 0.1) is 27.4 Å². The SMILES string of the molecule is C=C(CC)O/C(=C\C)NC.C=C(COc1ccc(C(C)(c2cc(Cl)c(OCCCl)c(Cl)c2)C(C)(c2ccc(C)cc2)c2cc(Cl)c(C)c(CC)c2)cc1)OC(C)=C(C)C.C=O.C=O.C=[N+]=CC.CC.CC.CCCCl. The van der Waals surface area contributed by atoms with Crippen LogP contribution in [0.1, 0.15) is 149 Å². The zero-order valence-electron chi connectivity index (χ0n) is 48.4. The second-order valence-corrected chi connectivity index (χ2v) is 18.0. The Labute approximate surface area is 479 Å². The van der Waals surface area contributed by atoms with Gasteiger partial charge in [0.1, 0.15) is 38.3 Å². The lowest BCUT2D eigenvalue weighted by molar-refractivity contribution is -0.0987. The predicted octanol–water partition coefficient (Wildman–Crippen LogP) is 18.1. The minimum atomic E-state index is -0.754. The number of hydrogen-bond donors (Lipinski definition) is 1. The fourth-order valence-electron chi connectivity index (χ4n) is 6.77. The summed E-state index contributed by atoms with van der Waals surface area (Å²) in [7, 11) is 1.82. The van der Waals surface area contributed by atoms with Crippen molar-refractivity contribution in [3.8, 4) is 11.5 Å². The van der Waals surface area contributed by atoms with Crippen molar-refractivity contribution < 1.29 is 28.5 Å². The molecule has 8 nitrogen and oxygen atoms in total. The summed E-state index contributed by atoms with van der Waals surface area (Å²) in [5.74, 6) is 5.09. The van der Waals surface area contributed by atoms with E-state index >= 15 is 0 Å². The molecule has 1 N–H and O–H groups in total. The third-order valence-corrected chi connectivity index (χ3v) is 12.8. The van der Waals surface area contributed by atoms with Crippen molar-refractivity contribution >= 4 is 84.5 Å². The molecule has 418 valence electrons. The topological polar surface area (TPSA) is 97.2 Å². The second-order valence-electron chi connectivity index (χ2n) is 16.1. The minimum Gasteiger partial charge on any atom is -0.489 e. The first kappa shape index (κ1) is 76.6. The average Bonchev–Trinajstić information content (AvgIpc) is 3.44. The van der Waals surface area contributed by atoms with Crippen LogP contribution in [0.5, 0.6) is 11.5 Å². The van der Waals surface area contributed by atoms with E-state index in [1.54, 1.807) is 6.21 Å². The Bertz CT molecular complexity index is 2310. The van der Waals surface area contributed by atoms with Crippen molar-refractivity contribution in [2.75, 3.05) is 32.0 Å². The summed E-state index contributed by atoms with van der Waals surface area (Å²) in [6.07, 6.45) is 6.28. The number of alkyl halides is 2. The molecule has 0 amide bonds. The van der Waals surface area contributed by atoms with Crippen molar-refractivity contribution in [3.05, 3.63) is 175 Å². The first-order chi connectivity index (χ1) is 35.7. The van der Waals surface area contributed by atoms with E-state index in [2.05, 4.69) is 113 Å². The molecule has 13 heteroatoms. The molecular weight excluding hydrogens is 1050 g/mol. The Hall–Kier alpha value is -4.92. The normalized spacial score (nSPS) is 11.3. The molecular formula is C62H90Cl5N2O6+. The van der Waals surface area contributed by atoms with Gasteiger partial charge in [-0.05, 0) is 130 Å². The number of nitrogens with zero attached hydrogens (tertiary/aromatic N) is 1. The summed E-state index contributed by atoms with van der Waals surface area (Å²) in [5.41, 5.74) is 7.21. The van der Waals surface area contributed by atoms with Gasteiger partial charge in [-0.3, -0.25) is 0 Å². The number of aryl methyl sites for hydroxylation is 2. The van der Waals surface area contributed by atoms with Crippen molar-refractivity contribution in [3.63, 3.8) is 0 Å². The van der Waals surface area contributed by atoms with Crippen LogP contribution in [-0.4, -0.2) is 58.5 Å². The fourth-order valence-corrected chi connectivity index (χ4v) is 7.68. The Balaban J connectivity index is -0.000000809. The molecule has 2 unspecified atom stereocenters. The molecule has 2 atom stereocenters. The first-order valence-electron chi connectivity index (χ1n) is 25.1. The average molecular weight is 1140 g/mol. The summed E-state index contributed by atoms with van der Waals surface area (Å²) >= 11 is 32.0. The van der Waals surface area contributed by atoms with Crippen LogP contribution < -0.4 is 19.5 Å². The van der Waals surface area contributed by atoms with Gasteiger partial charge in [-0.1, -0.05) is 158 Å². The molecule has 0 bridgehead atoms. The summed E-state index contributed by atoms with van der Waals surface area (Å²) < 4.78 is 26.4. The molecule has 0 fully saturated rings. The molecule has 0 radical (unpaired) electrons. The lowest BCUT2D eigenvalue weighted by Gasteiger charge is -2.49. The molecule has 0 aliphatic carbocycles. The standard InChI is InChI=1S/C42H46Cl4O3.C8H15NO.C3H7Cl.C3H6N.2C2H6.2CH2O/c1-10-31-21-34(22-37(44)29(31)6)41(8,32-13-11-27(4)12-14-32)42(9,35-23-38(45)40(39(46)24-35)47-20-19-43)33-15-17-36(18-16-33)48-25-28(5)49-30(7)26(2)3;1-5-7(3)10-8(6-2)9-4;1-2-3-4;1-3-4-2;4*1-2/h11-18,21-24H,5,10,19-20,25H2,1-4,6-9H3;6,9H,3,5H2,1-2,4H3;2-3H2,1H3;3H,2H2,1H3;2*1-2H3;2*1H2/q;;;+1;;;;/b;8-6-;;;;;;. The largest absolute Gasteiger partial charge is 0.489 e. The van der Waals surface area contributed by atoms with Crippen LogP contribution in [0.15, 0.2) is 121 Å². The maximum Gasteiger partial charge on any atom is 0.265 e. The van der Waals surface area contributed by atoms with Crippen LogP contribution in [0.3, 0.4) is 0 Å². The predicted molar refractivity (Wildman–Crippen MR) is 331 cm³/mol. The van der Waals surface area contributed by atoms with Gasteiger partial charge in [0.15, 0.2) is 11.6 Å². The molecule has 0 aliphatic heterocycles. The first-order valence-corrected chi connectivity index (χ1v) is 27.3. The van der Waals surface area contributed by atoms with Crippen LogP contribution in [0.2, 0.25) is 15.1 Å². The molecule has 0 spiro atoms. The summed E-state index contributed by atoms with van der Waals surface area (Å²) in [4.78, 5) is 16.0. The number of carbonyl (C=O) groups excluding carboxylic acids is 2. The van der Waals surface area contributed by atoms with Crippen molar-refractivity contribution in [1.82, 2.24) is 9.98 Å². The summed E-state index contributed by atoms with van der Waals surface area (Å²) in [6.45, 7) is 48.0. The van der Waals surface area contributed by atoms with Crippen molar-refractivity contribution in [1.29, 1.82) is 0 Å². The zero-order chi connectivity index (χ0) is 58.9. The number of rotatable bonds is 19. The van der Waals surface area contributed by atoms with Gasteiger partial charge in [-0.15, -0.1) is 27.9 Å². The van der Waals surface area contributed by atoms with Gasteiger partial charge < -0.3 is 33.9 Å². The maximum absolute atomic E-state index is 8.00. The van der Waals surface area contributed by atoms with Crippen LogP contribution in [0.25, 0.3) is 0 Å². The third kappa shape index (κ3) is 25.2. The van der Waals surface area contributed by atoms with Crippen LogP contribution in [-0.2, 0) is 36.3 Å². The van der Waals surface area contributed by atoms with Gasteiger partial charge in [-0.25, -0.2) is 0 Å². The number of allylic oxidation sites excluding steroid dienone is 4. The summed E-state index contributed by atoms with van der Waals surface area (Å²) in [5, 5.41) is 4.44. The number of benzene rings is 4. The van der Waals surface area contributed by atoms with E-state index in [1.165, 1.54) is 11.1 Å². The molecule has 0 saturated carbocycles. The van der Waals surface area contributed by atoms with Crippen LogP contribution in [0, 0.1) is 13.8 Å². The van der Waals surface area contributed by atoms with Crippen LogP contribution >= 0.6 is 58.0 Å². The number of carbonyl (C=O) groups is 2. The second kappa shape index (κ2) is 44.2. The lowest BCUT2D eigenvalue weighted by Crippen LogP contribution is -2.47. The van der Waals surface area contributed by atoms with E-state index < -0.39 is 10.8 Å². The smallest absolute Gasteiger partial charge is 0.265 e. The Morgan fingerprint density at radius 2 is 1.12 bits per heavy atom. The number of nitrogens with one attached hydrogen (secondary N) is 1. The number of hydrogen-bond acceptors (Lipinski definition) is 7. The molecule has 0 aliphatic rings. The molecule has 0 saturated heterocycles. The van der Waals surface area contributed by atoms with Crippen LogP contribution in [0.4, 0.5) is 0 Å². The van der Waals surface area contributed by atoms with Crippen molar-refractivity contribution in [2.24, 2.45) is 0 Å². The van der Waals surface area contributed by atoms with Gasteiger partial charge in [0, 0.05) is 42.1 Å². The molecule has 0 aromatic heterocycles. The Morgan fingerprint density at radius 3 is 1.49 bits per heavy atom. The monoisotopic (exact) mass is 1130 g/mol. The molecule has 4 rings (SSSR count). The highest BCUT2D eigenvalue weighted by molar-refractivity contribution is 6.37. The zero-order valence-corrected chi connectivity index (χ0v) is 52.1. The maximum atomic E-state index is 8.00. The Morgan fingerprint density at radius 1 is 0.680 bits per heavy atom. The summed E-state index contributed by atoms with van der Waals surface area (Å²) in [6, 6.07) is 25.2. The molecule has 4 aromatic carbocycles. The molecule has 75 heavy (non-hydrogen) atoms. The van der Waals surface area contributed by atoms with Gasteiger partial charge in [-0.2, -0.15) is 0 Å². The van der Waals surface area contributed by atoms with E-state index in [1.807, 2.05) is 127 Å². The minimum absolute atomic E-state index is 0.221. The third-order valence-electron chi connectivity index (χ3n) is 11.3. The quantitative estimate of drug-likeness (QED) is 0.0432. The lowest BCUT2D eigenvalue weighted by atomic mass is 9.53. The van der Waals surface area contributed by atoms with Gasteiger partial charge >= 0.3 is 0 Å². The molecule has 4 aromatic rings. The van der Waals surface area contributed by atoms with Crippen molar-refractivity contribution in [2.45, 2.75) is 141 Å². The van der Waals surface area contributed by atoms with E-state index in [0.717, 1.165) is 81.0 Å².